The van der Waals surface area contributed by atoms with Crippen LogP contribution in [-0.4, -0.2) is 53.0 Å². The lowest BCUT2D eigenvalue weighted by Gasteiger charge is -2.31. The van der Waals surface area contributed by atoms with E-state index in [0.717, 1.165) is 0 Å². The molecule has 2 heterocycles. The Bertz CT molecular complexity index is 1540. The highest BCUT2D eigenvalue weighted by Crippen LogP contribution is 2.56. The van der Waals surface area contributed by atoms with Crippen molar-refractivity contribution in [1.82, 2.24) is 0 Å². The van der Waals surface area contributed by atoms with Crippen molar-refractivity contribution >= 4 is 12.4 Å². The van der Waals surface area contributed by atoms with E-state index in [-0.39, 0.29) is 36.3 Å². The molecule has 2 aliphatic heterocycles. The zero-order valence-corrected chi connectivity index (χ0v) is 23.9. The Morgan fingerprint density at radius 1 is 1.21 bits per heavy atom. The molecular formula is C33H34F2N2O6. The van der Waals surface area contributed by atoms with Crippen LogP contribution >= 0.6 is 0 Å². The van der Waals surface area contributed by atoms with Crippen LogP contribution in [0.5, 0.6) is 5.75 Å². The smallest absolute Gasteiger partial charge is 0.309 e. The first-order valence-electron chi connectivity index (χ1n) is 14.0. The fraction of sp³-hybridized carbons (Fsp3) is 0.364. The second kappa shape index (κ2) is 12.3. The highest BCUT2D eigenvalue weighted by atomic mass is 19.3. The molecule has 1 fully saturated rings. The largest absolute Gasteiger partial charge is 0.488 e. The SMILES string of the molecule is C=C=C(OC)C1=C(N=CC)CC([C@@H]2O/C(=C/Oc3cccc(CC[C@]4(O)c5ccccc5C(O)C4(F)F)c3)C[C@H]2O)C=N1. The summed E-state index contributed by atoms with van der Waals surface area (Å²) >= 11 is 0. The number of hydrogen-bond donors (Lipinski definition) is 3. The average molecular weight is 593 g/mol. The molecule has 226 valence electrons. The number of alkyl halides is 2. The first kappa shape index (κ1) is 30.4. The zero-order valence-electron chi connectivity index (χ0n) is 23.9. The predicted molar refractivity (Wildman–Crippen MR) is 157 cm³/mol. The van der Waals surface area contributed by atoms with Crippen molar-refractivity contribution in [3.63, 3.8) is 0 Å². The minimum Gasteiger partial charge on any atom is -0.488 e. The van der Waals surface area contributed by atoms with Crippen LogP contribution in [0, 0.1) is 5.92 Å². The minimum atomic E-state index is -3.73. The summed E-state index contributed by atoms with van der Waals surface area (Å²) in [6.07, 6.45) is 1.86. The molecule has 0 saturated carbocycles. The lowest BCUT2D eigenvalue weighted by Crippen LogP contribution is -2.44. The number of aliphatic hydroxyl groups is 3. The lowest BCUT2D eigenvalue weighted by atomic mass is 9.86. The van der Waals surface area contributed by atoms with Gasteiger partial charge in [0.15, 0.2) is 11.4 Å². The first-order chi connectivity index (χ1) is 20.6. The molecule has 3 aliphatic rings. The van der Waals surface area contributed by atoms with Gasteiger partial charge >= 0.3 is 5.92 Å². The zero-order chi connectivity index (χ0) is 30.8. The summed E-state index contributed by atoms with van der Waals surface area (Å²) in [4.78, 5) is 8.92. The molecule has 0 spiro atoms. The number of halogens is 2. The Kier molecular flexibility index (Phi) is 8.66. The summed E-state index contributed by atoms with van der Waals surface area (Å²) in [5.41, 5.74) is 2.15. The Morgan fingerprint density at radius 3 is 2.74 bits per heavy atom. The van der Waals surface area contributed by atoms with Crippen LogP contribution in [0.25, 0.3) is 0 Å². The summed E-state index contributed by atoms with van der Waals surface area (Å²) in [6, 6.07) is 12.8. The van der Waals surface area contributed by atoms with Crippen LogP contribution in [0.1, 0.15) is 49.0 Å². The van der Waals surface area contributed by atoms with Crippen LogP contribution in [-0.2, 0) is 21.5 Å². The van der Waals surface area contributed by atoms with Gasteiger partial charge in [0.05, 0.1) is 18.9 Å². The van der Waals surface area contributed by atoms with Gasteiger partial charge in [0.2, 0.25) is 0 Å². The van der Waals surface area contributed by atoms with E-state index < -0.39 is 29.8 Å². The van der Waals surface area contributed by atoms with Crippen molar-refractivity contribution < 1.29 is 38.3 Å². The highest BCUT2D eigenvalue weighted by Gasteiger charge is 2.64. The fourth-order valence-corrected chi connectivity index (χ4v) is 5.85. The molecule has 1 saturated heterocycles. The van der Waals surface area contributed by atoms with Crippen LogP contribution < -0.4 is 4.74 Å². The number of methoxy groups -OCH3 is 1. The van der Waals surface area contributed by atoms with Crippen molar-refractivity contribution in [3.8, 4) is 5.75 Å². The molecule has 8 nitrogen and oxygen atoms in total. The fourth-order valence-electron chi connectivity index (χ4n) is 5.85. The topological polar surface area (TPSA) is 113 Å². The van der Waals surface area contributed by atoms with Crippen molar-refractivity contribution in [2.24, 2.45) is 15.9 Å². The van der Waals surface area contributed by atoms with Crippen molar-refractivity contribution in [2.75, 3.05) is 7.11 Å². The van der Waals surface area contributed by atoms with Gasteiger partial charge in [-0.15, -0.1) is 0 Å². The van der Waals surface area contributed by atoms with Crippen LogP contribution in [0.4, 0.5) is 8.78 Å². The van der Waals surface area contributed by atoms with Gasteiger partial charge in [-0.1, -0.05) is 48.7 Å². The van der Waals surface area contributed by atoms with Gasteiger partial charge in [-0.3, -0.25) is 9.98 Å². The van der Waals surface area contributed by atoms with E-state index in [4.69, 9.17) is 14.2 Å². The normalized spacial score (nSPS) is 28.6. The van der Waals surface area contributed by atoms with Crippen LogP contribution in [0.2, 0.25) is 0 Å². The third-order valence-electron chi connectivity index (χ3n) is 8.06. The molecule has 2 unspecified atom stereocenters. The molecule has 0 amide bonds. The standard InChI is InChI=1S/C33H34F2N2O6/c1-4-28(41-3)29-26(36-5-2)16-21(18-37-29)30-27(38)17-23(43-30)19-42-22-10-8-9-20(15-22)13-14-32(40)25-12-7-6-11-24(25)31(39)33(32,34)35/h5-12,15,18-19,21,27,30-31,38-40H,1,13-14,16-17H2,2-3H3/b23-19+,36-5?/t21?,27-,30+,31?,32+/m1/s1. The van der Waals surface area contributed by atoms with E-state index in [9.17, 15) is 15.3 Å². The van der Waals surface area contributed by atoms with E-state index in [1.807, 2.05) is 0 Å². The van der Waals surface area contributed by atoms with E-state index in [0.29, 0.717) is 40.6 Å². The number of fused-ring (bicyclic) bond motifs is 1. The molecule has 43 heavy (non-hydrogen) atoms. The molecule has 2 aromatic rings. The summed E-state index contributed by atoms with van der Waals surface area (Å²) in [5, 5.41) is 32.0. The Balaban J connectivity index is 1.24. The minimum absolute atomic E-state index is 0.0365. The summed E-state index contributed by atoms with van der Waals surface area (Å²) in [6.45, 7) is 5.43. The molecule has 1 aliphatic carbocycles. The van der Waals surface area contributed by atoms with Crippen LogP contribution in [0.15, 0.2) is 100 Å². The van der Waals surface area contributed by atoms with Gasteiger partial charge in [0.1, 0.15) is 35.7 Å². The number of rotatable bonds is 9. The number of ether oxygens (including phenoxy) is 3. The average Bonchev–Trinajstić information content (AvgIpc) is 3.46. The summed E-state index contributed by atoms with van der Waals surface area (Å²) < 4.78 is 47.2. The lowest BCUT2D eigenvalue weighted by molar-refractivity contribution is -0.226. The molecule has 5 rings (SSSR count). The Labute approximate surface area is 248 Å². The summed E-state index contributed by atoms with van der Waals surface area (Å²) in [7, 11) is 1.51. The van der Waals surface area contributed by atoms with E-state index in [1.165, 1.54) is 25.5 Å². The quantitative estimate of drug-likeness (QED) is 0.208. The van der Waals surface area contributed by atoms with Crippen LogP contribution in [0.3, 0.4) is 0 Å². The van der Waals surface area contributed by atoms with E-state index in [2.05, 4.69) is 22.3 Å². The number of aliphatic imine (C=N–C) groups is 2. The predicted octanol–water partition coefficient (Wildman–Crippen LogP) is 5.27. The number of hydrogen-bond acceptors (Lipinski definition) is 8. The number of aryl methyl sites for hydroxylation is 1. The Hall–Kier alpha value is -4.08. The third kappa shape index (κ3) is 5.67. The van der Waals surface area contributed by atoms with Gasteiger partial charge in [-0.25, -0.2) is 0 Å². The molecule has 3 N–H and O–H groups in total. The van der Waals surface area contributed by atoms with Gasteiger partial charge in [0.25, 0.3) is 0 Å². The molecular weight excluding hydrogens is 558 g/mol. The molecule has 10 heteroatoms. The molecule has 0 radical (unpaired) electrons. The highest BCUT2D eigenvalue weighted by molar-refractivity contribution is 5.68. The molecule has 2 aromatic carbocycles. The van der Waals surface area contributed by atoms with Crippen molar-refractivity contribution in [2.45, 2.75) is 62.4 Å². The summed E-state index contributed by atoms with van der Waals surface area (Å²) in [5.74, 6) is -2.72. The van der Waals surface area contributed by atoms with E-state index in [1.54, 1.807) is 55.8 Å². The monoisotopic (exact) mass is 592 g/mol. The Morgan fingerprint density at radius 2 is 2.00 bits per heavy atom. The maximum atomic E-state index is 15.0. The molecule has 5 atom stereocenters. The van der Waals surface area contributed by atoms with Crippen molar-refractivity contribution in [1.29, 1.82) is 0 Å². The van der Waals surface area contributed by atoms with Gasteiger partial charge in [-0.2, -0.15) is 8.78 Å². The number of aliphatic hydroxyl groups excluding tert-OH is 2. The molecule has 0 aromatic heterocycles. The second-order valence-electron chi connectivity index (χ2n) is 10.7. The van der Waals surface area contributed by atoms with Gasteiger partial charge in [0, 0.05) is 31.2 Å². The number of benzene rings is 2. The van der Waals surface area contributed by atoms with Crippen molar-refractivity contribution in [3.05, 3.63) is 107 Å². The number of nitrogens with zero attached hydrogens (tertiary/aromatic N) is 2. The first-order valence-corrected chi connectivity index (χ1v) is 14.0. The van der Waals surface area contributed by atoms with Gasteiger partial charge < -0.3 is 29.5 Å². The maximum absolute atomic E-state index is 15.0. The molecule has 0 bridgehead atoms. The number of allylic oxidation sites excluding steroid dienone is 1. The maximum Gasteiger partial charge on any atom is 0.309 e. The third-order valence-corrected chi connectivity index (χ3v) is 8.06. The second-order valence-corrected chi connectivity index (χ2v) is 10.7. The van der Waals surface area contributed by atoms with E-state index >= 15 is 8.78 Å². The van der Waals surface area contributed by atoms with Gasteiger partial charge in [-0.05, 0) is 48.6 Å².